The molecule has 4 nitrogen and oxygen atoms in total. The van der Waals surface area contributed by atoms with Crippen molar-refractivity contribution in [2.75, 3.05) is 11.9 Å². The highest BCUT2D eigenvalue weighted by Gasteiger charge is 2.15. The van der Waals surface area contributed by atoms with Crippen LogP contribution in [0.4, 0.5) is 10.5 Å². The fraction of sp³-hybridized carbons (Fsp3) is 0.381. The van der Waals surface area contributed by atoms with Crippen LogP contribution in [-0.4, -0.2) is 12.7 Å². The van der Waals surface area contributed by atoms with E-state index in [0.29, 0.717) is 24.0 Å². The van der Waals surface area contributed by atoms with Crippen molar-refractivity contribution >= 4 is 11.8 Å². The van der Waals surface area contributed by atoms with E-state index in [1.165, 1.54) is 37.7 Å². The zero-order chi connectivity index (χ0) is 17.5. The molecule has 1 saturated carbocycles. The highest BCUT2D eigenvalue weighted by atomic mass is 16.6. The summed E-state index contributed by atoms with van der Waals surface area (Å²) in [4.78, 5) is 12.0. The number of anilines is 1. The topological polar surface area (TPSA) is 47.6 Å². The third-order valence-electron chi connectivity index (χ3n) is 4.58. The van der Waals surface area contributed by atoms with Crippen molar-refractivity contribution in [3.8, 4) is 11.5 Å². The summed E-state index contributed by atoms with van der Waals surface area (Å²) in [7, 11) is 0. The molecule has 0 radical (unpaired) electrons. The van der Waals surface area contributed by atoms with E-state index in [1.807, 2.05) is 31.2 Å². The summed E-state index contributed by atoms with van der Waals surface area (Å²) in [6.07, 6.45) is 6.01. The van der Waals surface area contributed by atoms with Gasteiger partial charge >= 0.3 is 6.09 Å². The molecular formula is C21H25NO3. The van der Waals surface area contributed by atoms with Crippen LogP contribution in [0.15, 0.2) is 48.5 Å². The number of nitrogens with one attached hydrogen (secondary N) is 1. The van der Waals surface area contributed by atoms with Crippen molar-refractivity contribution in [2.24, 2.45) is 0 Å². The minimum absolute atomic E-state index is 0.491. The Morgan fingerprint density at radius 3 is 2.24 bits per heavy atom. The van der Waals surface area contributed by atoms with Gasteiger partial charge in [0.1, 0.15) is 11.5 Å². The quantitative estimate of drug-likeness (QED) is 0.755. The fourth-order valence-electron chi connectivity index (χ4n) is 3.30. The van der Waals surface area contributed by atoms with E-state index in [0.717, 1.165) is 5.75 Å². The predicted molar refractivity (Wildman–Crippen MR) is 99.5 cm³/mol. The molecule has 0 bridgehead atoms. The van der Waals surface area contributed by atoms with Gasteiger partial charge in [-0.1, -0.05) is 31.4 Å². The van der Waals surface area contributed by atoms with Gasteiger partial charge in [-0.05, 0) is 67.6 Å². The lowest BCUT2D eigenvalue weighted by atomic mass is 9.84. The number of benzene rings is 2. The van der Waals surface area contributed by atoms with Gasteiger partial charge < -0.3 is 9.47 Å². The summed E-state index contributed by atoms with van der Waals surface area (Å²) in [5.74, 6) is 1.99. The van der Waals surface area contributed by atoms with Crippen molar-refractivity contribution in [3.63, 3.8) is 0 Å². The number of carbonyl (C=O) groups is 1. The van der Waals surface area contributed by atoms with Crippen LogP contribution >= 0.6 is 0 Å². The molecule has 25 heavy (non-hydrogen) atoms. The van der Waals surface area contributed by atoms with Gasteiger partial charge in [0, 0.05) is 5.69 Å². The van der Waals surface area contributed by atoms with E-state index in [-0.39, 0.29) is 0 Å². The van der Waals surface area contributed by atoms with Crippen LogP contribution in [-0.2, 0) is 0 Å². The third kappa shape index (κ3) is 4.99. The van der Waals surface area contributed by atoms with E-state index < -0.39 is 6.09 Å². The maximum Gasteiger partial charge on any atom is 0.417 e. The Kier molecular flexibility index (Phi) is 5.94. The van der Waals surface area contributed by atoms with E-state index in [2.05, 4.69) is 17.4 Å². The molecule has 0 aromatic heterocycles. The fourth-order valence-corrected chi connectivity index (χ4v) is 3.30. The van der Waals surface area contributed by atoms with Crippen LogP contribution in [0, 0.1) is 0 Å². The minimum Gasteiger partial charge on any atom is -0.494 e. The van der Waals surface area contributed by atoms with Gasteiger partial charge in [0.2, 0.25) is 0 Å². The van der Waals surface area contributed by atoms with Crippen molar-refractivity contribution in [1.29, 1.82) is 0 Å². The molecule has 1 amide bonds. The zero-order valence-electron chi connectivity index (χ0n) is 14.7. The van der Waals surface area contributed by atoms with Crippen LogP contribution in [0.2, 0.25) is 0 Å². The largest absolute Gasteiger partial charge is 0.494 e. The Morgan fingerprint density at radius 2 is 1.60 bits per heavy atom. The first kappa shape index (κ1) is 17.3. The number of rotatable bonds is 5. The van der Waals surface area contributed by atoms with Crippen LogP contribution in [0.3, 0.4) is 0 Å². The van der Waals surface area contributed by atoms with E-state index in [4.69, 9.17) is 9.47 Å². The summed E-state index contributed by atoms with van der Waals surface area (Å²) in [5.41, 5.74) is 2.02. The van der Waals surface area contributed by atoms with Crippen LogP contribution in [0.25, 0.3) is 0 Å². The molecule has 1 aliphatic carbocycles. The Morgan fingerprint density at radius 1 is 0.960 bits per heavy atom. The SMILES string of the molecule is CCOc1ccc(NC(=O)Oc2ccc(C3CCCCC3)cc2)cc1. The summed E-state index contributed by atoms with van der Waals surface area (Å²) in [5, 5.41) is 2.72. The number of carbonyl (C=O) groups excluding carboxylic acids is 1. The number of hydrogen-bond acceptors (Lipinski definition) is 3. The highest BCUT2D eigenvalue weighted by molar-refractivity contribution is 5.86. The number of hydrogen-bond donors (Lipinski definition) is 1. The molecule has 132 valence electrons. The molecule has 0 unspecified atom stereocenters. The van der Waals surface area contributed by atoms with Crippen molar-refractivity contribution < 1.29 is 14.3 Å². The van der Waals surface area contributed by atoms with Crippen molar-refractivity contribution in [3.05, 3.63) is 54.1 Å². The molecule has 3 rings (SSSR count). The Bertz CT molecular complexity index is 673. The second-order valence-corrected chi connectivity index (χ2v) is 6.38. The second-order valence-electron chi connectivity index (χ2n) is 6.38. The van der Waals surface area contributed by atoms with Crippen molar-refractivity contribution in [2.45, 2.75) is 44.9 Å². The van der Waals surface area contributed by atoms with Crippen LogP contribution < -0.4 is 14.8 Å². The van der Waals surface area contributed by atoms with E-state index in [1.54, 1.807) is 12.1 Å². The number of ether oxygens (including phenoxy) is 2. The van der Waals surface area contributed by atoms with Gasteiger partial charge in [0.15, 0.2) is 0 Å². The zero-order valence-corrected chi connectivity index (χ0v) is 14.7. The third-order valence-corrected chi connectivity index (χ3v) is 4.58. The van der Waals surface area contributed by atoms with Crippen molar-refractivity contribution in [1.82, 2.24) is 0 Å². The lowest BCUT2D eigenvalue weighted by Crippen LogP contribution is -2.16. The average Bonchev–Trinajstić information content (AvgIpc) is 2.65. The molecule has 0 heterocycles. The summed E-state index contributed by atoms with van der Waals surface area (Å²) in [6.45, 7) is 2.55. The van der Waals surface area contributed by atoms with Gasteiger partial charge in [-0.2, -0.15) is 0 Å². The van der Waals surface area contributed by atoms with Crippen LogP contribution in [0.5, 0.6) is 11.5 Å². The lowest BCUT2D eigenvalue weighted by Gasteiger charge is -2.22. The van der Waals surface area contributed by atoms with E-state index >= 15 is 0 Å². The second kappa shape index (κ2) is 8.56. The van der Waals surface area contributed by atoms with Gasteiger partial charge in [0.05, 0.1) is 6.61 Å². The van der Waals surface area contributed by atoms with Gasteiger partial charge in [0.25, 0.3) is 0 Å². The molecular weight excluding hydrogens is 314 g/mol. The maximum absolute atomic E-state index is 12.0. The Hall–Kier alpha value is -2.49. The normalized spacial score (nSPS) is 14.8. The molecule has 1 fully saturated rings. The molecule has 0 atom stereocenters. The summed E-state index contributed by atoms with van der Waals surface area (Å²) < 4.78 is 10.7. The van der Waals surface area contributed by atoms with E-state index in [9.17, 15) is 4.79 Å². The van der Waals surface area contributed by atoms with Crippen LogP contribution in [0.1, 0.15) is 50.5 Å². The average molecular weight is 339 g/mol. The maximum atomic E-state index is 12.0. The Labute approximate surface area is 149 Å². The molecule has 0 aliphatic heterocycles. The minimum atomic E-state index is -0.491. The first-order valence-corrected chi connectivity index (χ1v) is 9.06. The Balaban J connectivity index is 1.53. The molecule has 4 heteroatoms. The highest BCUT2D eigenvalue weighted by Crippen LogP contribution is 2.33. The molecule has 0 spiro atoms. The predicted octanol–water partition coefficient (Wildman–Crippen LogP) is 5.74. The van der Waals surface area contributed by atoms with Gasteiger partial charge in [-0.25, -0.2) is 4.79 Å². The summed E-state index contributed by atoms with van der Waals surface area (Å²) >= 11 is 0. The first-order valence-electron chi connectivity index (χ1n) is 9.06. The lowest BCUT2D eigenvalue weighted by molar-refractivity contribution is 0.215. The molecule has 0 saturated heterocycles. The van der Waals surface area contributed by atoms with Gasteiger partial charge in [-0.15, -0.1) is 0 Å². The number of amides is 1. The molecule has 2 aromatic carbocycles. The molecule has 1 N–H and O–H groups in total. The first-order chi connectivity index (χ1) is 12.2. The van der Waals surface area contributed by atoms with Gasteiger partial charge in [-0.3, -0.25) is 5.32 Å². The molecule has 1 aliphatic rings. The monoisotopic (exact) mass is 339 g/mol. The standard InChI is InChI=1S/C21H25NO3/c1-2-24-19-14-10-18(11-15-19)22-21(23)25-20-12-8-17(9-13-20)16-6-4-3-5-7-16/h8-16H,2-7H2,1H3,(H,22,23). The summed E-state index contributed by atoms with van der Waals surface area (Å²) in [6, 6.07) is 15.1. The smallest absolute Gasteiger partial charge is 0.417 e. The molecule has 2 aromatic rings.